The van der Waals surface area contributed by atoms with Crippen LogP contribution >= 0.6 is 27.5 Å². The van der Waals surface area contributed by atoms with Crippen molar-refractivity contribution < 1.29 is 23.8 Å². The summed E-state index contributed by atoms with van der Waals surface area (Å²) in [6.45, 7) is 4.32. The van der Waals surface area contributed by atoms with Gasteiger partial charge in [-0.2, -0.15) is 0 Å². The van der Waals surface area contributed by atoms with E-state index in [4.69, 9.17) is 25.8 Å². The maximum Gasteiger partial charge on any atom is 0.411 e. The van der Waals surface area contributed by atoms with Crippen molar-refractivity contribution in [3.63, 3.8) is 0 Å². The van der Waals surface area contributed by atoms with E-state index in [2.05, 4.69) is 15.9 Å². The summed E-state index contributed by atoms with van der Waals surface area (Å²) in [5.74, 6) is 0.605. The Kier molecular flexibility index (Phi) is 7.98. The van der Waals surface area contributed by atoms with Gasteiger partial charge in [-0.3, -0.25) is 9.69 Å². The van der Waals surface area contributed by atoms with Gasteiger partial charge in [0.15, 0.2) is 0 Å². The monoisotopic (exact) mass is 557 g/mol. The van der Waals surface area contributed by atoms with Gasteiger partial charge in [0.25, 0.3) is 0 Å². The number of cyclic esters (lactones) is 1. The van der Waals surface area contributed by atoms with E-state index in [-0.39, 0.29) is 37.2 Å². The van der Waals surface area contributed by atoms with Crippen LogP contribution in [0.5, 0.6) is 11.5 Å². The zero-order valence-corrected chi connectivity index (χ0v) is 21.7. The molecule has 8 heteroatoms. The summed E-state index contributed by atoms with van der Waals surface area (Å²) in [6.07, 6.45) is -0.685. The highest BCUT2D eigenvalue weighted by molar-refractivity contribution is 9.10. The minimum atomic E-state index is -0.383. The van der Waals surface area contributed by atoms with E-state index in [1.165, 1.54) is 0 Å². The lowest BCUT2D eigenvalue weighted by molar-refractivity contribution is -0.142. The van der Waals surface area contributed by atoms with Crippen LogP contribution in [0.4, 0.5) is 4.79 Å². The molecule has 1 heterocycles. The molecule has 4 rings (SSSR count). The second-order valence-corrected chi connectivity index (χ2v) is 9.44. The number of hydrogen-bond donors (Lipinski definition) is 0. The molecule has 2 unspecified atom stereocenters. The van der Waals surface area contributed by atoms with E-state index in [1.807, 2.05) is 55.5 Å². The molecule has 0 bridgehead atoms. The van der Waals surface area contributed by atoms with Crippen LogP contribution in [0.1, 0.15) is 36.6 Å². The summed E-state index contributed by atoms with van der Waals surface area (Å²) in [6, 6.07) is 20.4. The zero-order valence-electron chi connectivity index (χ0n) is 19.4. The van der Waals surface area contributed by atoms with Crippen LogP contribution in [0.25, 0.3) is 0 Å². The lowest BCUT2D eigenvalue weighted by atomic mass is 10.0. The van der Waals surface area contributed by atoms with Gasteiger partial charge < -0.3 is 14.2 Å². The largest absolute Gasteiger partial charge is 0.466 e. The van der Waals surface area contributed by atoms with Gasteiger partial charge in [-0.25, -0.2) is 4.79 Å². The van der Waals surface area contributed by atoms with Gasteiger partial charge in [-0.15, -0.1) is 0 Å². The number of halogens is 2. The Bertz CT molecular complexity index is 1220. The van der Waals surface area contributed by atoms with Gasteiger partial charge in [-0.1, -0.05) is 70.0 Å². The number of benzene rings is 3. The number of carbonyl (C=O) groups is 2. The molecule has 0 saturated carbocycles. The number of ether oxygens (including phenoxy) is 3. The quantitative estimate of drug-likeness (QED) is 0.276. The van der Waals surface area contributed by atoms with E-state index in [0.29, 0.717) is 28.7 Å². The number of esters is 1. The first-order valence-corrected chi connectivity index (χ1v) is 12.5. The third-order valence-electron chi connectivity index (χ3n) is 5.79. The van der Waals surface area contributed by atoms with Gasteiger partial charge in [0.2, 0.25) is 0 Å². The van der Waals surface area contributed by atoms with Crippen molar-refractivity contribution in [3.8, 4) is 11.5 Å². The van der Waals surface area contributed by atoms with Gasteiger partial charge in [0.1, 0.15) is 17.6 Å². The molecule has 0 aliphatic carbocycles. The highest BCUT2D eigenvalue weighted by atomic mass is 79.9. The molecule has 182 valence electrons. The molecule has 0 spiro atoms. The average molecular weight is 559 g/mol. The van der Waals surface area contributed by atoms with E-state index in [1.54, 1.807) is 30.0 Å². The van der Waals surface area contributed by atoms with Gasteiger partial charge in [0.05, 0.1) is 30.6 Å². The van der Waals surface area contributed by atoms with Gasteiger partial charge in [0, 0.05) is 10.0 Å². The number of rotatable bonds is 8. The fourth-order valence-electron chi connectivity index (χ4n) is 4.01. The average Bonchev–Trinajstić information content (AvgIpc) is 3.12. The first kappa shape index (κ1) is 25.1. The van der Waals surface area contributed by atoms with Crippen LogP contribution in [0.15, 0.2) is 71.2 Å². The Morgan fingerprint density at radius 3 is 2.57 bits per heavy atom. The number of carbonyl (C=O) groups excluding carboxylic acids is 2. The van der Waals surface area contributed by atoms with Crippen molar-refractivity contribution in [2.24, 2.45) is 0 Å². The normalized spacial score (nSPS) is 17.3. The second kappa shape index (κ2) is 11.1. The maximum absolute atomic E-state index is 12.8. The van der Waals surface area contributed by atoms with Crippen molar-refractivity contribution in [3.05, 3.63) is 92.9 Å². The molecule has 1 saturated heterocycles. The maximum atomic E-state index is 12.8. The van der Waals surface area contributed by atoms with Crippen LogP contribution in [0, 0.1) is 0 Å². The van der Waals surface area contributed by atoms with E-state index in [0.717, 1.165) is 15.6 Å². The second-order valence-electron chi connectivity index (χ2n) is 8.15. The van der Waals surface area contributed by atoms with Crippen molar-refractivity contribution in [2.45, 2.75) is 39.0 Å². The molecule has 35 heavy (non-hydrogen) atoms. The predicted octanol–water partition coefficient (Wildman–Crippen LogP) is 7.08. The Morgan fingerprint density at radius 1 is 1.06 bits per heavy atom. The number of hydrogen-bond acceptors (Lipinski definition) is 5. The summed E-state index contributed by atoms with van der Waals surface area (Å²) in [5, 5.41) is 0.340. The fraction of sp³-hybridized carbons (Fsp3) is 0.259. The third kappa shape index (κ3) is 5.80. The van der Waals surface area contributed by atoms with Crippen LogP contribution in [0.2, 0.25) is 5.02 Å². The van der Waals surface area contributed by atoms with Gasteiger partial charge >= 0.3 is 12.1 Å². The first-order valence-electron chi connectivity index (χ1n) is 11.3. The van der Waals surface area contributed by atoms with Crippen LogP contribution < -0.4 is 4.74 Å². The molecule has 0 aromatic heterocycles. The van der Waals surface area contributed by atoms with E-state index in [9.17, 15) is 9.59 Å². The van der Waals surface area contributed by atoms with Crippen LogP contribution in [-0.2, 0) is 27.2 Å². The Balaban J connectivity index is 1.57. The molecule has 6 nitrogen and oxygen atoms in total. The van der Waals surface area contributed by atoms with Crippen molar-refractivity contribution in [1.82, 2.24) is 4.90 Å². The molecule has 2 atom stereocenters. The van der Waals surface area contributed by atoms with Crippen LogP contribution in [-0.4, -0.2) is 29.6 Å². The minimum Gasteiger partial charge on any atom is -0.466 e. The minimum absolute atomic E-state index is 0.0507. The molecule has 0 radical (unpaired) electrons. The molecule has 1 aliphatic heterocycles. The molecule has 3 aromatic rings. The Morgan fingerprint density at radius 2 is 1.83 bits per heavy atom. The standard InChI is InChI=1S/C27H25BrClNO5/c1-3-33-24(31)15-19-10-7-11-23(25(19)29)34-22-13-12-21(28)14-20(22)16-30-17(2)26(35-27(30)32)18-8-5-4-6-9-18/h4-14,17,26H,3,15-16H2,1-2H3. The van der Waals surface area contributed by atoms with Crippen molar-refractivity contribution >= 4 is 39.6 Å². The Labute approximate surface area is 217 Å². The summed E-state index contributed by atoms with van der Waals surface area (Å²) in [5.41, 5.74) is 2.35. The number of nitrogens with zero attached hydrogens (tertiary/aromatic N) is 1. The van der Waals surface area contributed by atoms with E-state index < -0.39 is 0 Å². The van der Waals surface area contributed by atoms with Crippen molar-refractivity contribution in [1.29, 1.82) is 0 Å². The van der Waals surface area contributed by atoms with E-state index >= 15 is 0 Å². The third-order valence-corrected chi connectivity index (χ3v) is 6.71. The molecule has 0 N–H and O–H groups in total. The molecular weight excluding hydrogens is 534 g/mol. The summed E-state index contributed by atoms with van der Waals surface area (Å²) < 4.78 is 17.8. The molecule has 1 aliphatic rings. The topological polar surface area (TPSA) is 65.1 Å². The first-order chi connectivity index (χ1) is 16.9. The van der Waals surface area contributed by atoms with Gasteiger partial charge in [-0.05, 0) is 49.2 Å². The summed E-state index contributed by atoms with van der Waals surface area (Å²) in [7, 11) is 0. The highest BCUT2D eigenvalue weighted by Crippen LogP contribution is 2.38. The zero-order chi connectivity index (χ0) is 24.9. The summed E-state index contributed by atoms with van der Waals surface area (Å²) in [4.78, 5) is 26.4. The lowest BCUT2D eigenvalue weighted by Crippen LogP contribution is -2.31. The molecule has 1 fully saturated rings. The van der Waals surface area contributed by atoms with Crippen LogP contribution in [0.3, 0.4) is 0 Å². The summed E-state index contributed by atoms with van der Waals surface area (Å²) >= 11 is 10.1. The molecular formula is C27H25BrClNO5. The molecule has 3 aromatic carbocycles. The SMILES string of the molecule is CCOC(=O)Cc1cccc(Oc2ccc(Br)cc2CN2C(=O)OC(c3ccccc3)C2C)c1Cl. The predicted molar refractivity (Wildman–Crippen MR) is 137 cm³/mol. The lowest BCUT2D eigenvalue weighted by Gasteiger charge is -2.22. The smallest absolute Gasteiger partial charge is 0.411 e. The Hall–Kier alpha value is -3.03. The highest BCUT2D eigenvalue weighted by Gasteiger charge is 2.39. The molecule has 1 amide bonds. The number of amides is 1. The fourth-order valence-corrected chi connectivity index (χ4v) is 4.65. The van der Waals surface area contributed by atoms with Crippen molar-refractivity contribution in [2.75, 3.05) is 6.61 Å².